The Balaban J connectivity index is 1.44. The second-order valence-corrected chi connectivity index (χ2v) is 9.40. The van der Waals surface area contributed by atoms with E-state index in [0.29, 0.717) is 42.4 Å². The van der Waals surface area contributed by atoms with Crippen molar-refractivity contribution >= 4 is 17.7 Å². The van der Waals surface area contributed by atoms with Gasteiger partial charge >= 0.3 is 0 Å². The Morgan fingerprint density at radius 3 is 2.61 bits per heavy atom. The molecule has 1 aliphatic carbocycles. The van der Waals surface area contributed by atoms with E-state index in [0.717, 1.165) is 29.7 Å². The van der Waals surface area contributed by atoms with Crippen molar-refractivity contribution in [2.24, 2.45) is 0 Å². The highest BCUT2D eigenvalue weighted by Gasteiger charge is 2.37. The lowest BCUT2D eigenvalue weighted by Crippen LogP contribution is -2.31. The molecule has 33 heavy (non-hydrogen) atoms. The number of thioether (sulfide) groups is 1. The molecule has 5 nitrogen and oxygen atoms in total. The third-order valence-corrected chi connectivity index (χ3v) is 7.29. The molecule has 1 aromatic heterocycles. The van der Waals surface area contributed by atoms with Crippen molar-refractivity contribution in [3.63, 3.8) is 0 Å². The van der Waals surface area contributed by atoms with Crippen LogP contribution < -0.4 is 5.56 Å². The molecule has 1 atom stereocenters. The normalized spacial score (nSPS) is 17.6. The molecule has 2 aliphatic rings. The van der Waals surface area contributed by atoms with Crippen LogP contribution in [-0.2, 0) is 29.9 Å². The van der Waals surface area contributed by atoms with Crippen molar-refractivity contribution in [3.05, 3.63) is 92.9 Å². The molecule has 0 radical (unpaired) electrons. The van der Waals surface area contributed by atoms with Gasteiger partial charge < -0.3 is 9.47 Å². The van der Waals surface area contributed by atoms with E-state index in [1.807, 2.05) is 10.6 Å². The van der Waals surface area contributed by atoms with Crippen molar-refractivity contribution in [2.75, 3.05) is 6.54 Å². The summed E-state index contributed by atoms with van der Waals surface area (Å²) in [5.74, 6) is -0.148. The lowest BCUT2D eigenvalue weighted by atomic mass is 10.2. The number of hydrogen-bond acceptors (Lipinski definition) is 4. The van der Waals surface area contributed by atoms with Crippen molar-refractivity contribution < 1.29 is 13.6 Å². The van der Waals surface area contributed by atoms with E-state index >= 15 is 0 Å². The molecule has 0 N–H and O–H groups in total. The van der Waals surface area contributed by atoms with E-state index in [1.165, 1.54) is 36.0 Å². The third kappa shape index (κ3) is 4.44. The minimum absolute atomic E-state index is 0.0394. The van der Waals surface area contributed by atoms with E-state index in [1.54, 1.807) is 23.1 Å². The van der Waals surface area contributed by atoms with E-state index in [4.69, 9.17) is 0 Å². The number of carbonyl (C=O) groups excluding carboxylic acids is 1. The van der Waals surface area contributed by atoms with Crippen LogP contribution in [0.1, 0.15) is 41.3 Å². The van der Waals surface area contributed by atoms with Crippen molar-refractivity contribution in [1.29, 1.82) is 0 Å². The summed E-state index contributed by atoms with van der Waals surface area (Å²) in [6.07, 6.45) is 2.89. The first-order chi connectivity index (χ1) is 16.0. The molecule has 8 heteroatoms. The quantitative estimate of drug-likeness (QED) is 0.401. The Hall–Kier alpha value is -3.00. The number of amides is 1. The fraction of sp³-hybridized carbons (Fsp3) is 0.320. The van der Waals surface area contributed by atoms with Gasteiger partial charge in [-0.1, -0.05) is 36.0 Å². The van der Waals surface area contributed by atoms with Gasteiger partial charge in [-0.25, -0.2) is 8.78 Å². The molecule has 1 saturated heterocycles. The van der Waals surface area contributed by atoms with Crippen LogP contribution in [0, 0.1) is 11.6 Å². The van der Waals surface area contributed by atoms with E-state index in [-0.39, 0.29) is 23.1 Å². The van der Waals surface area contributed by atoms with Crippen LogP contribution in [0.15, 0.2) is 58.5 Å². The molecule has 0 spiro atoms. The van der Waals surface area contributed by atoms with Gasteiger partial charge in [-0.3, -0.25) is 9.59 Å². The van der Waals surface area contributed by atoms with Gasteiger partial charge in [0.1, 0.15) is 17.7 Å². The Morgan fingerprint density at radius 2 is 1.82 bits per heavy atom. The van der Waals surface area contributed by atoms with Crippen LogP contribution in [0.4, 0.5) is 8.78 Å². The highest BCUT2D eigenvalue weighted by Crippen LogP contribution is 2.34. The van der Waals surface area contributed by atoms with Crippen LogP contribution >= 0.6 is 11.8 Å². The number of benzene rings is 2. The number of halogens is 2. The second-order valence-electron chi connectivity index (χ2n) is 8.46. The second kappa shape index (κ2) is 9.09. The summed E-state index contributed by atoms with van der Waals surface area (Å²) in [7, 11) is 0. The first-order valence-electron chi connectivity index (χ1n) is 11.0. The summed E-state index contributed by atoms with van der Waals surface area (Å²) in [5.41, 5.74) is 3.05. The minimum Gasteiger partial charge on any atom is -0.336 e. The highest BCUT2D eigenvalue weighted by molar-refractivity contribution is 7.98. The van der Waals surface area contributed by atoms with Gasteiger partial charge in [-0.15, -0.1) is 0 Å². The predicted octanol–water partition coefficient (Wildman–Crippen LogP) is 4.28. The van der Waals surface area contributed by atoms with Crippen LogP contribution in [-0.4, -0.2) is 26.9 Å². The van der Waals surface area contributed by atoms with Crippen LogP contribution in [0.5, 0.6) is 0 Å². The molecule has 0 bridgehead atoms. The molecule has 0 saturated carbocycles. The van der Waals surface area contributed by atoms with Crippen LogP contribution in [0.25, 0.3) is 0 Å². The fourth-order valence-corrected chi connectivity index (χ4v) is 5.69. The first-order valence-corrected chi connectivity index (χ1v) is 12.0. The Labute approximate surface area is 194 Å². The summed E-state index contributed by atoms with van der Waals surface area (Å²) in [6, 6.07) is 12.1. The number of rotatable bonds is 6. The van der Waals surface area contributed by atoms with E-state index < -0.39 is 6.04 Å². The molecular formula is C25H23F2N3O2S. The van der Waals surface area contributed by atoms with Gasteiger partial charge in [0.2, 0.25) is 5.91 Å². The summed E-state index contributed by atoms with van der Waals surface area (Å²) in [5, 5.41) is 0.524. The van der Waals surface area contributed by atoms with E-state index in [9.17, 15) is 18.4 Å². The maximum absolute atomic E-state index is 13.6. The molecule has 2 heterocycles. The van der Waals surface area contributed by atoms with Gasteiger partial charge in [-0.05, 0) is 61.1 Å². The van der Waals surface area contributed by atoms with Crippen molar-refractivity contribution in [1.82, 2.24) is 14.5 Å². The molecular weight excluding hydrogens is 444 g/mol. The molecule has 1 aliphatic heterocycles. The predicted molar refractivity (Wildman–Crippen MR) is 122 cm³/mol. The van der Waals surface area contributed by atoms with Crippen LogP contribution in [0.2, 0.25) is 0 Å². The zero-order valence-corrected chi connectivity index (χ0v) is 18.8. The number of aromatic nitrogens is 2. The lowest BCUT2D eigenvalue weighted by Gasteiger charge is -2.23. The molecule has 170 valence electrons. The topological polar surface area (TPSA) is 55.2 Å². The van der Waals surface area contributed by atoms with Gasteiger partial charge in [0.05, 0.1) is 0 Å². The van der Waals surface area contributed by atoms with E-state index in [2.05, 4.69) is 4.98 Å². The third-order valence-electron chi connectivity index (χ3n) is 6.27. The molecule has 1 fully saturated rings. The molecule has 1 amide bonds. The summed E-state index contributed by atoms with van der Waals surface area (Å²) in [4.78, 5) is 32.2. The SMILES string of the molecule is O=C1C(n2c(SCc3ccc(F)cc3)nc(=O)c3c2CCC3)CCN1Cc1cccc(F)c1. The number of carbonyl (C=O) groups is 1. The fourth-order valence-electron chi connectivity index (χ4n) is 4.67. The molecule has 3 aromatic rings. The van der Waals surface area contributed by atoms with Crippen molar-refractivity contribution in [2.45, 2.75) is 49.2 Å². The lowest BCUT2D eigenvalue weighted by molar-refractivity contribution is -0.131. The monoisotopic (exact) mass is 467 g/mol. The van der Waals surface area contributed by atoms with Crippen LogP contribution in [0.3, 0.4) is 0 Å². The largest absolute Gasteiger partial charge is 0.336 e. The van der Waals surface area contributed by atoms with Crippen molar-refractivity contribution in [3.8, 4) is 0 Å². The van der Waals surface area contributed by atoms with Gasteiger partial charge in [0, 0.05) is 30.1 Å². The number of nitrogens with zero attached hydrogens (tertiary/aromatic N) is 3. The molecule has 5 rings (SSSR count). The van der Waals surface area contributed by atoms with Gasteiger partial charge in [0.25, 0.3) is 5.56 Å². The standard InChI is InChI=1S/C25H23F2N3O2S/c26-18-9-7-16(8-10-18)15-33-25-28-23(31)20-5-2-6-21(20)30(25)22-11-12-29(24(22)32)14-17-3-1-4-19(27)13-17/h1,3-4,7-10,13,22H,2,5-6,11-12,14-15H2. The Kier molecular flexibility index (Phi) is 6.01. The Morgan fingerprint density at radius 1 is 1.00 bits per heavy atom. The highest BCUT2D eigenvalue weighted by atomic mass is 32.2. The number of likely N-dealkylation sites (tertiary alicyclic amines) is 1. The summed E-state index contributed by atoms with van der Waals surface area (Å²) < 4.78 is 28.8. The first kappa shape index (κ1) is 21.8. The maximum atomic E-state index is 13.6. The Bertz CT molecular complexity index is 1260. The summed E-state index contributed by atoms with van der Waals surface area (Å²) >= 11 is 1.39. The molecule has 1 unspecified atom stereocenters. The van der Waals surface area contributed by atoms with Gasteiger partial charge in [0.15, 0.2) is 5.16 Å². The zero-order valence-electron chi connectivity index (χ0n) is 18.0. The maximum Gasteiger partial charge on any atom is 0.277 e. The average molecular weight is 468 g/mol. The average Bonchev–Trinajstić information content (AvgIpc) is 3.42. The summed E-state index contributed by atoms with van der Waals surface area (Å²) in [6.45, 7) is 0.907. The zero-order chi connectivity index (χ0) is 22.9. The minimum atomic E-state index is -0.436. The number of hydrogen-bond donors (Lipinski definition) is 0. The number of fused-ring (bicyclic) bond motifs is 1. The molecule has 2 aromatic carbocycles. The smallest absolute Gasteiger partial charge is 0.277 e. The van der Waals surface area contributed by atoms with Gasteiger partial charge in [-0.2, -0.15) is 4.98 Å².